The number of carbonyl (C=O) groups excluding carboxylic acids is 2. The maximum atomic E-state index is 13.0. The lowest BCUT2D eigenvalue weighted by Gasteiger charge is -2.34. The lowest BCUT2D eigenvalue weighted by molar-refractivity contribution is -0.122. The number of ether oxygens (including phenoxy) is 1. The smallest absolute Gasteiger partial charge is 0.225 e. The van der Waals surface area contributed by atoms with Gasteiger partial charge in [0.1, 0.15) is 5.75 Å². The van der Waals surface area contributed by atoms with Crippen molar-refractivity contribution >= 4 is 23.0 Å². The van der Waals surface area contributed by atoms with Crippen LogP contribution in [0.15, 0.2) is 53.0 Å². The molecule has 0 spiro atoms. The molecule has 4 nitrogen and oxygen atoms in total. The lowest BCUT2D eigenvalue weighted by Crippen LogP contribution is -2.38. The fraction of sp³-hybridized carbons (Fsp3) is 0.333. The van der Waals surface area contributed by atoms with Gasteiger partial charge in [-0.1, -0.05) is 24.3 Å². The Hall–Kier alpha value is -2.40. The SMILES string of the molecule is CCOc1ccccc1[C@@H]1CC(=O)NC2=C1C(=O)C[C@H](c1cccs1)C2. The Bertz CT molecular complexity index is 869. The molecule has 26 heavy (non-hydrogen) atoms. The molecule has 2 aliphatic rings. The number of hydrogen-bond acceptors (Lipinski definition) is 4. The van der Waals surface area contributed by atoms with Gasteiger partial charge in [-0.25, -0.2) is 0 Å². The zero-order valence-electron chi connectivity index (χ0n) is 14.7. The Labute approximate surface area is 156 Å². The average Bonchev–Trinajstić information content (AvgIpc) is 3.16. The number of rotatable bonds is 4. The topological polar surface area (TPSA) is 55.4 Å². The van der Waals surface area contributed by atoms with E-state index in [4.69, 9.17) is 4.74 Å². The standard InChI is InChI=1S/C21H21NO3S/c1-2-25-18-7-4-3-6-14(18)15-12-20(24)22-16-10-13(11-17(23)21(15)16)19-8-5-9-26-19/h3-9,13,15H,2,10-12H2,1H3,(H,22,24)/t13-,15+/m1/s1. The number of Topliss-reactive ketones (excluding diaryl/α,β-unsaturated/α-hetero) is 1. The van der Waals surface area contributed by atoms with E-state index in [1.165, 1.54) is 4.88 Å². The minimum absolute atomic E-state index is 0.0281. The van der Waals surface area contributed by atoms with Crippen molar-refractivity contribution in [3.8, 4) is 5.75 Å². The van der Waals surface area contributed by atoms with E-state index < -0.39 is 0 Å². The van der Waals surface area contributed by atoms with Crippen molar-refractivity contribution in [2.75, 3.05) is 6.61 Å². The number of ketones is 1. The van der Waals surface area contributed by atoms with Crippen molar-refractivity contribution in [3.05, 3.63) is 63.5 Å². The number of para-hydroxylation sites is 1. The molecule has 0 saturated heterocycles. The van der Waals surface area contributed by atoms with Crippen LogP contribution < -0.4 is 10.1 Å². The third-order valence-corrected chi connectivity index (χ3v) is 6.11. The van der Waals surface area contributed by atoms with Crippen LogP contribution in [0.4, 0.5) is 0 Å². The van der Waals surface area contributed by atoms with Gasteiger partial charge >= 0.3 is 0 Å². The fourth-order valence-electron chi connectivity index (χ4n) is 4.01. The normalized spacial score (nSPS) is 22.8. The number of benzene rings is 1. The third-order valence-electron chi connectivity index (χ3n) is 5.08. The highest BCUT2D eigenvalue weighted by atomic mass is 32.1. The molecule has 1 amide bonds. The Morgan fingerprint density at radius 1 is 1.12 bits per heavy atom. The molecule has 0 saturated carbocycles. The summed E-state index contributed by atoms with van der Waals surface area (Å²) < 4.78 is 5.76. The summed E-state index contributed by atoms with van der Waals surface area (Å²) in [7, 11) is 0. The number of thiophene rings is 1. The van der Waals surface area contributed by atoms with Crippen LogP contribution in [0.25, 0.3) is 0 Å². The van der Waals surface area contributed by atoms with E-state index in [1.54, 1.807) is 11.3 Å². The molecule has 134 valence electrons. The molecule has 5 heteroatoms. The zero-order valence-corrected chi connectivity index (χ0v) is 15.5. The Balaban J connectivity index is 1.74. The van der Waals surface area contributed by atoms with Crippen LogP contribution in [0.3, 0.4) is 0 Å². The molecule has 1 aliphatic heterocycles. The molecule has 2 aromatic rings. The van der Waals surface area contributed by atoms with Gasteiger partial charge in [-0.2, -0.15) is 0 Å². The molecule has 0 radical (unpaired) electrons. The summed E-state index contributed by atoms with van der Waals surface area (Å²) in [5.74, 6) is 0.802. The summed E-state index contributed by atoms with van der Waals surface area (Å²) in [5, 5.41) is 5.01. The number of amides is 1. The second-order valence-corrected chi connectivity index (χ2v) is 7.69. The second-order valence-electron chi connectivity index (χ2n) is 6.71. The summed E-state index contributed by atoms with van der Waals surface area (Å²) in [6, 6.07) is 11.8. The maximum absolute atomic E-state index is 13.0. The summed E-state index contributed by atoms with van der Waals surface area (Å²) in [6.45, 7) is 2.49. The zero-order chi connectivity index (χ0) is 18.1. The Morgan fingerprint density at radius 3 is 2.73 bits per heavy atom. The monoisotopic (exact) mass is 367 g/mol. The Morgan fingerprint density at radius 2 is 1.96 bits per heavy atom. The molecule has 0 fully saturated rings. The molecular weight excluding hydrogens is 346 g/mol. The first kappa shape index (κ1) is 17.0. The number of carbonyl (C=O) groups is 2. The summed E-state index contributed by atoms with van der Waals surface area (Å²) in [6.07, 6.45) is 1.50. The highest BCUT2D eigenvalue weighted by Gasteiger charge is 2.39. The van der Waals surface area contributed by atoms with Crippen LogP contribution in [-0.2, 0) is 9.59 Å². The predicted molar refractivity (Wildman–Crippen MR) is 101 cm³/mol. The van der Waals surface area contributed by atoms with E-state index in [0.717, 1.165) is 22.6 Å². The van der Waals surface area contributed by atoms with Crippen LogP contribution in [0.2, 0.25) is 0 Å². The van der Waals surface area contributed by atoms with Crippen molar-refractivity contribution in [3.63, 3.8) is 0 Å². The van der Waals surface area contributed by atoms with Gasteiger partial charge < -0.3 is 10.1 Å². The molecule has 0 unspecified atom stereocenters. The number of allylic oxidation sites excluding steroid dienone is 2. The van der Waals surface area contributed by atoms with Gasteiger partial charge in [-0.3, -0.25) is 9.59 Å². The number of nitrogens with one attached hydrogen (secondary N) is 1. The van der Waals surface area contributed by atoms with E-state index in [2.05, 4.69) is 11.4 Å². The summed E-state index contributed by atoms with van der Waals surface area (Å²) in [5.41, 5.74) is 2.50. The van der Waals surface area contributed by atoms with Crippen molar-refractivity contribution < 1.29 is 14.3 Å². The van der Waals surface area contributed by atoms with E-state index in [9.17, 15) is 9.59 Å². The molecule has 1 aromatic carbocycles. The third kappa shape index (κ3) is 3.07. The molecule has 4 rings (SSSR count). The average molecular weight is 367 g/mol. The van der Waals surface area contributed by atoms with Crippen LogP contribution in [0.1, 0.15) is 48.5 Å². The highest BCUT2D eigenvalue weighted by Crippen LogP contribution is 2.45. The maximum Gasteiger partial charge on any atom is 0.225 e. The highest BCUT2D eigenvalue weighted by molar-refractivity contribution is 7.10. The first-order chi connectivity index (χ1) is 12.7. The first-order valence-electron chi connectivity index (χ1n) is 8.98. The van der Waals surface area contributed by atoms with E-state index in [0.29, 0.717) is 25.9 Å². The molecule has 1 aliphatic carbocycles. The molecule has 1 N–H and O–H groups in total. The van der Waals surface area contributed by atoms with Gasteiger partial charge in [0.2, 0.25) is 5.91 Å². The fourth-order valence-corrected chi connectivity index (χ4v) is 4.84. The molecule has 0 bridgehead atoms. The summed E-state index contributed by atoms with van der Waals surface area (Å²) >= 11 is 1.67. The van der Waals surface area contributed by atoms with Gasteiger partial charge in [0.05, 0.1) is 6.61 Å². The van der Waals surface area contributed by atoms with Crippen molar-refractivity contribution in [1.82, 2.24) is 5.32 Å². The van der Waals surface area contributed by atoms with Gasteiger partial charge in [0, 0.05) is 46.4 Å². The minimum Gasteiger partial charge on any atom is -0.494 e. The molecule has 1 aromatic heterocycles. The van der Waals surface area contributed by atoms with Crippen molar-refractivity contribution in [2.45, 2.75) is 38.0 Å². The Kier molecular flexibility index (Phi) is 4.64. The largest absolute Gasteiger partial charge is 0.494 e. The van der Waals surface area contributed by atoms with Crippen molar-refractivity contribution in [1.29, 1.82) is 0 Å². The molecular formula is C21H21NO3S. The van der Waals surface area contributed by atoms with Crippen LogP contribution in [-0.4, -0.2) is 18.3 Å². The van der Waals surface area contributed by atoms with Gasteiger partial charge in [0.15, 0.2) is 5.78 Å². The second kappa shape index (κ2) is 7.08. The summed E-state index contributed by atoms with van der Waals surface area (Å²) in [4.78, 5) is 26.6. The van der Waals surface area contributed by atoms with Gasteiger partial charge in [0.25, 0.3) is 0 Å². The number of hydrogen-bond donors (Lipinski definition) is 1. The minimum atomic E-state index is -0.224. The van der Waals surface area contributed by atoms with Gasteiger partial charge in [-0.05, 0) is 30.9 Å². The van der Waals surface area contributed by atoms with E-state index in [1.807, 2.05) is 42.6 Å². The molecule has 2 atom stereocenters. The van der Waals surface area contributed by atoms with E-state index in [-0.39, 0.29) is 23.5 Å². The van der Waals surface area contributed by atoms with E-state index >= 15 is 0 Å². The van der Waals surface area contributed by atoms with Gasteiger partial charge in [-0.15, -0.1) is 11.3 Å². The van der Waals surface area contributed by atoms with Crippen LogP contribution >= 0.6 is 11.3 Å². The van der Waals surface area contributed by atoms with Crippen LogP contribution in [0.5, 0.6) is 5.75 Å². The quantitative estimate of drug-likeness (QED) is 0.883. The first-order valence-corrected chi connectivity index (χ1v) is 9.86. The molecule has 2 heterocycles. The van der Waals surface area contributed by atoms with Crippen molar-refractivity contribution in [2.24, 2.45) is 0 Å². The predicted octanol–water partition coefficient (Wildman–Crippen LogP) is 4.15. The van der Waals surface area contributed by atoms with Crippen LogP contribution in [0, 0.1) is 0 Å². The lowest BCUT2D eigenvalue weighted by atomic mass is 9.74.